The number of likely N-dealkylation sites (tertiary alicyclic amines) is 2. The van der Waals surface area contributed by atoms with Crippen molar-refractivity contribution in [1.29, 1.82) is 0 Å². The van der Waals surface area contributed by atoms with Gasteiger partial charge >= 0.3 is 0 Å². The Morgan fingerprint density at radius 1 is 1.00 bits per heavy atom. The fourth-order valence-corrected chi connectivity index (χ4v) is 4.34. The summed E-state index contributed by atoms with van der Waals surface area (Å²) in [6.45, 7) is 10.5. The molecule has 3 aliphatic rings. The second kappa shape index (κ2) is 5.53. The van der Waals surface area contributed by atoms with Gasteiger partial charge in [0.25, 0.3) is 0 Å². The van der Waals surface area contributed by atoms with Gasteiger partial charge in [0, 0.05) is 51.6 Å². The van der Waals surface area contributed by atoms with Crippen LogP contribution < -0.4 is 0 Å². The van der Waals surface area contributed by atoms with Crippen molar-refractivity contribution in [3.8, 4) is 0 Å². The maximum absolute atomic E-state index is 13.2. The summed E-state index contributed by atoms with van der Waals surface area (Å²) in [4.78, 5) is 5.15. The van der Waals surface area contributed by atoms with Crippen LogP contribution in [0.1, 0.15) is 39.5 Å². The third-order valence-corrected chi connectivity index (χ3v) is 5.67. The maximum Gasteiger partial charge on any atom is 0.248 e. The summed E-state index contributed by atoms with van der Waals surface area (Å²) < 4.78 is 26.4. The summed E-state index contributed by atoms with van der Waals surface area (Å²) in [5.41, 5.74) is 0. The summed E-state index contributed by atoms with van der Waals surface area (Å²) in [6.07, 6.45) is 1.66. The van der Waals surface area contributed by atoms with Crippen molar-refractivity contribution in [3.05, 3.63) is 0 Å². The molecular formula is C16H28F2N2. The molecule has 2 atom stereocenters. The van der Waals surface area contributed by atoms with E-state index in [4.69, 9.17) is 0 Å². The van der Waals surface area contributed by atoms with E-state index in [2.05, 4.69) is 23.6 Å². The molecule has 4 heteroatoms. The lowest BCUT2D eigenvalue weighted by molar-refractivity contribution is -0.0485. The van der Waals surface area contributed by atoms with Crippen molar-refractivity contribution in [2.24, 2.45) is 17.8 Å². The highest BCUT2D eigenvalue weighted by Crippen LogP contribution is 2.38. The predicted molar refractivity (Wildman–Crippen MR) is 77.0 cm³/mol. The van der Waals surface area contributed by atoms with E-state index in [1.807, 2.05) is 0 Å². The molecular weight excluding hydrogens is 258 g/mol. The number of halogens is 2. The lowest BCUT2D eigenvalue weighted by Gasteiger charge is -2.31. The molecule has 0 radical (unpaired) electrons. The molecule has 1 aliphatic carbocycles. The standard InChI is InChI=1S/C16H28F2N2/c1-12(2)20-10-14-8-19(9-15(14)11-20)7-13-3-5-16(17,18)6-4-13/h12-15H,3-11H2,1-2H3/t14-,15+. The van der Waals surface area contributed by atoms with Crippen LogP contribution in [0.4, 0.5) is 8.78 Å². The van der Waals surface area contributed by atoms with Crippen LogP contribution in [0.15, 0.2) is 0 Å². The summed E-state index contributed by atoms with van der Waals surface area (Å²) in [6, 6.07) is 0.662. The first-order valence-corrected chi connectivity index (χ1v) is 8.27. The lowest BCUT2D eigenvalue weighted by atomic mass is 9.86. The van der Waals surface area contributed by atoms with Crippen LogP contribution in [0.2, 0.25) is 0 Å². The molecule has 20 heavy (non-hydrogen) atoms. The molecule has 0 unspecified atom stereocenters. The van der Waals surface area contributed by atoms with Crippen LogP contribution in [0.5, 0.6) is 0 Å². The minimum absolute atomic E-state index is 0.111. The van der Waals surface area contributed by atoms with Crippen LogP contribution in [0, 0.1) is 17.8 Å². The summed E-state index contributed by atoms with van der Waals surface area (Å²) in [5, 5.41) is 0. The first-order valence-electron chi connectivity index (χ1n) is 8.27. The minimum Gasteiger partial charge on any atom is -0.302 e. The Morgan fingerprint density at radius 3 is 2.05 bits per heavy atom. The molecule has 116 valence electrons. The third-order valence-electron chi connectivity index (χ3n) is 5.67. The molecule has 0 aromatic rings. The largest absolute Gasteiger partial charge is 0.302 e. The van der Waals surface area contributed by atoms with Gasteiger partial charge in [0.1, 0.15) is 0 Å². The third kappa shape index (κ3) is 3.16. The van der Waals surface area contributed by atoms with E-state index in [-0.39, 0.29) is 12.8 Å². The van der Waals surface area contributed by atoms with Crippen LogP contribution in [-0.2, 0) is 0 Å². The second-order valence-corrected chi connectivity index (χ2v) is 7.59. The van der Waals surface area contributed by atoms with Gasteiger partial charge in [-0.25, -0.2) is 8.78 Å². The Hall–Kier alpha value is -0.220. The summed E-state index contributed by atoms with van der Waals surface area (Å²) in [7, 11) is 0. The normalized spacial score (nSPS) is 35.9. The Bertz CT molecular complexity index is 321. The molecule has 0 aromatic carbocycles. The van der Waals surface area contributed by atoms with Gasteiger partial charge < -0.3 is 9.80 Å². The van der Waals surface area contributed by atoms with E-state index >= 15 is 0 Å². The minimum atomic E-state index is -2.38. The van der Waals surface area contributed by atoms with Crippen LogP contribution in [0.3, 0.4) is 0 Å². The molecule has 2 aliphatic heterocycles. The Kier molecular flexibility index (Phi) is 4.06. The van der Waals surface area contributed by atoms with Gasteiger partial charge in [0.05, 0.1) is 0 Å². The van der Waals surface area contributed by atoms with Crippen molar-refractivity contribution in [2.45, 2.75) is 51.5 Å². The fourth-order valence-electron chi connectivity index (χ4n) is 4.34. The Labute approximate surface area is 121 Å². The van der Waals surface area contributed by atoms with Crippen LogP contribution in [-0.4, -0.2) is 54.5 Å². The molecule has 3 fully saturated rings. The summed E-state index contributed by atoms with van der Waals surface area (Å²) >= 11 is 0. The lowest BCUT2D eigenvalue weighted by Crippen LogP contribution is -2.36. The van der Waals surface area contributed by atoms with E-state index in [9.17, 15) is 8.78 Å². The molecule has 0 spiro atoms. The average molecular weight is 286 g/mol. The number of nitrogens with zero attached hydrogens (tertiary/aromatic N) is 2. The van der Waals surface area contributed by atoms with E-state index in [1.165, 1.54) is 26.2 Å². The Morgan fingerprint density at radius 2 is 1.55 bits per heavy atom. The number of rotatable bonds is 3. The molecule has 0 amide bonds. The van der Waals surface area contributed by atoms with Gasteiger partial charge in [0.2, 0.25) is 5.92 Å². The maximum atomic E-state index is 13.2. The van der Waals surface area contributed by atoms with Gasteiger partial charge in [-0.1, -0.05) is 0 Å². The van der Waals surface area contributed by atoms with Crippen molar-refractivity contribution in [2.75, 3.05) is 32.7 Å². The fraction of sp³-hybridized carbons (Fsp3) is 1.00. The highest BCUT2D eigenvalue weighted by atomic mass is 19.3. The smallest absolute Gasteiger partial charge is 0.248 e. The molecule has 2 heterocycles. The van der Waals surface area contributed by atoms with Gasteiger partial charge in [0.15, 0.2) is 0 Å². The van der Waals surface area contributed by atoms with Crippen LogP contribution in [0.25, 0.3) is 0 Å². The molecule has 2 saturated heterocycles. The molecule has 0 aromatic heterocycles. The number of alkyl halides is 2. The topological polar surface area (TPSA) is 6.48 Å². The van der Waals surface area contributed by atoms with Crippen molar-refractivity contribution >= 4 is 0 Å². The van der Waals surface area contributed by atoms with Gasteiger partial charge in [-0.15, -0.1) is 0 Å². The van der Waals surface area contributed by atoms with Crippen LogP contribution >= 0.6 is 0 Å². The van der Waals surface area contributed by atoms with Crippen molar-refractivity contribution in [3.63, 3.8) is 0 Å². The summed E-state index contributed by atoms with van der Waals surface area (Å²) in [5.74, 6) is -0.227. The van der Waals surface area contributed by atoms with E-state index in [0.29, 0.717) is 12.0 Å². The molecule has 3 rings (SSSR count). The SMILES string of the molecule is CC(C)N1C[C@H]2CN(CC3CCC(F)(F)CC3)C[C@H]2C1. The average Bonchev–Trinajstić information content (AvgIpc) is 2.89. The quantitative estimate of drug-likeness (QED) is 0.786. The monoisotopic (exact) mass is 286 g/mol. The highest BCUT2D eigenvalue weighted by Gasteiger charge is 2.42. The van der Waals surface area contributed by atoms with Gasteiger partial charge in [-0.3, -0.25) is 0 Å². The second-order valence-electron chi connectivity index (χ2n) is 7.59. The molecule has 0 N–H and O–H groups in total. The van der Waals surface area contributed by atoms with Gasteiger partial charge in [-0.2, -0.15) is 0 Å². The first-order chi connectivity index (χ1) is 9.43. The highest BCUT2D eigenvalue weighted by molar-refractivity contribution is 4.94. The first kappa shape index (κ1) is 14.7. The van der Waals surface area contributed by atoms with Gasteiger partial charge in [-0.05, 0) is 44.4 Å². The zero-order valence-corrected chi connectivity index (χ0v) is 12.8. The number of fused-ring (bicyclic) bond motifs is 1. The molecule has 2 nitrogen and oxygen atoms in total. The number of hydrogen-bond acceptors (Lipinski definition) is 2. The van der Waals surface area contributed by atoms with E-state index in [1.54, 1.807) is 0 Å². The Balaban J connectivity index is 1.44. The molecule has 0 bridgehead atoms. The number of hydrogen-bond donors (Lipinski definition) is 0. The zero-order chi connectivity index (χ0) is 14.3. The van der Waals surface area contributed by atoms with Crippen molar-refractivity contribution < 1.29 is 8.78 Å². The zero-order valence-electron chi connectivity index (χ0n) is 12.8. The predicted octanol–water partition coefficient (Wildman–Crippen LogP) is 3.08. The molecule has 1 saturated carbocycles. The van der Waals surface area contributed by atoms with E-state index < -0.39 is 5.92 Å². The van der Waals surface area contributed by atoms with Crippen molar-refractivity contribution in [1.82, 2.24) is 9.80 Å². The van der Waals surface area contributed by atoms with E-state index in [0.717, 1.165) is 31.2 Å².